The zero-order chi connectivity index (χ0) is 11.7. The minimum absolute atomic E-state index is 0.185. The number of benzene rings is 1. The molecule has 2 rings (SSSR count). The number of furan rings is 1. The summed E-state index contributed by atoms with van der Waals surface area (Å²) in [6.07, 6.45) is 0.945. The standard InChI is InChI=1S/C14H17ClO/c1-9-4-5-13-12(6-9)8-14(16-13)10(2)7-11(3)15/h4-6,8,10-11H,7H2,1-3H3. The number of hydrogen-bond acceptors (Lipinski definition) is 1. The topological polar surface area (TPSA) is 13.1 Å². The van der Waals surface area contributed by atoms with Gasteiger partial charge in [0.05, 0.1) is 0 Å². The zero-order valence-corrected chi connectivity index (χ0v) is 10.7. The van der Waals surface area contributed by atoms with E-state index < -0.39 is 0 Å². The van der Waals surface area contributed by atoms with E-state index in [2.05, 4.69) is 32.0 Å². The predicted molar refractivity (Wildman–Crippen MR) is 69.3 cm³/mol. The van der Waals surface area contributed by atoms with E-state index in [4.69, 9.17) is 16.0 Å². The minimum atomic E-state index is 0.185. The molecule has 16 heavy (non-hydrogen) atoms. The number of alkyl halides is 1. The van der Waals surface area contributed by atoms with Crippen molar-refractivity contribution in [3.05, 3.63) is 35.6 Å². The second kappa shape index (κ2) is 4.50. The largest absolute Gasteiger partial charge is 0.461 e. The fourth-order valence-electron chi connectivity index (χ4n) is 2.03. The number of fused-ring (bicyclic) bond motifs is 1. The van der Waals surface area contributed by atoms with Gasteiger partial charge < -0.3 is 4.42 Å². The third-order valence-electron chi connectivity index (χ3n) is 2.85. The summed E-state index contributed by atoms with van der Waals surface area (Å²) in [4.78, 5) is 0. The summed E-state index contributed by atoms with van der Waals surface area (Å²) in [7, 11) is 0. The van der Waals surface area contributed by atoms with Gasteiger partial charge >= 0.3 is 0 Å². The monoisotopic (exact) mass is 236 g/mol. The van der Waals surface area contributed by atoms with Crippen molar-refractivity contribution in [3.8, 4) is 0 Å². The summed E-state index contributed by atoms with van der Waals surface area (Å²) >= 11 is 6.00. The highest BCUT2D eigenvalue weighted by atomic mass is 35.5. The molecule has 1 heterocycles. The quantitative estimate of drug-likeness (QED) is 0.694. The van der Waals surface area contributed by atoms with Gasteiger partial charge in [0.25, 0.3) is 0 Å². The molecule has 0 aliphatic carbocycles. The third kappa shape index (κ3) is 2.41. The van der Waals surface area contributed by atoms with E-state index >= 15 is 0 Å². The minimum Gasteiger partial charge on any atom is -0.461 e. The fourth-order valence-corrected chi connectivity index (χ4v) is 2.30. The summed E-state index contributed by atoms with van der Waals surface area (Å²) in [5, 5.41) is 1.37. The van der Waals surface area contributed by atoms with Crippen LogP contribution in [0.15, 0.2) is 28.7 Å². The lowest BCUT2D eigenvalue weighted by Crippen LogP contribution is -1.99. The molecule has 1 aromatic carbocycles. The van der Waals surface area contributed by atoms with Crippen LogP contribution in [0.4, 0.5) is 0 Å². The van der Waals surface area contributed by atoms with E-state index in [1.807, 2.05) is 13.0 Å². The molecule has 1 nitrogen and oxygen atoms in total. The van der Waals surface area contributed by atoms with Crippen LogP contribution in [-0.4, -0.2) is 5.38 Å². The summed E-state index contributed by atoms with van der Waals surface area (Å²) < 4.78 is 5.83. The van der Waals surface area contributed by atoms with E-state index in [-0.39, 0.29) is 5.38 Å². The first-order valence-corrected chi connectivity index (χ1v) is 6.14. The normalized spacial score (nSPS) is 15.2. The van der Waals surface area contributed by atoms with Crippen molar-refractivity contribution in [3.63, 3.8) is 0 Å². The van der Waals surface area contributed by atoms with Gasteiger partial charge in [-0.25, -0.2) is 0 Å². The Morgan fingerprint density at radius 2 is 2.00 bits per heavy atom. The first-order valence-electron chi connectivity index (χ1n) is 5.70. The molecule has 2 unspecified atom stereocenters. The first kappa shape index (κ1) is 11.5. The molecule has 0 spiro atoms. The molecule has 0 N–H and O–H groups in total. The number of halogens is 1. The smallest absolute Gasteiger partial charge is 0.134 e. The van der Waals surface area contributed by atoms with Crippen molar-refractivity contribution < 1.29 is 4.42 Å². The Balaban J connectivity index is 2.32. The molecular formula is C14H17ClO. The van der Waals surface area contributed by atoms with E-state index in [1.54, 1.807) is 0 Å². The Bertz CT molecular complexity index is 484. The maximum atomic E-state index is 6.00. The Labute approximate surface area is 101 Å². The van der Waals surface area contributed by atoms with Crippen LogP contribution in [0.1, 0.15) is 37.5 Å². The van der Waals surface area contributed by atoms with Gasteiger partial charge in [-0.1, -0.05) is 18.6 Å². The summed E-state index contributed by atoms with van der Waals surface area (Å²) in [6.45, 7) is 6.27. The van der Waals surface area contributed by atoms with Gasteiger partial charge in [-0.05, 0) is 38.5 Å². The van der Waals surface area contributed by atoms with Crippen LogP contribution in [0.3, 0.4) is 0 Å². The molecular weight excluding hydrogens is 220 g/mol. The van der Waals surface area contributed by atoms with Gasteiger partial charge in [0.2, 0.25) is 0 Å². The van der Waals surface area contributed by atoms with E-state index in [9.17, 15) is 0 Å². The van der Waals surface area contributed by atoms with Gasteiger partial charge in [0.1, 0.15) is 11.3 Å². The van der Waals surface area contributed by atoms with Crippen molar-refractivity contribution in [2.24, 2.45) is 0 Å². The number of hydrogen-bond donors (Lipinski definition) is 0. The molecule has 0 bridgehead atoms. The molecule has 0 aliphatic rings. The van der Waals surface area contributed by atoms with Crippen molar-refractivity contribution in [1.82, 2.24) is 0 Å². The van der Waals surface area contributed by atoms with Crippen LogP contribution in [0.2, 0.25) is 0 Å². The van der Waals surface area contributed by atoms with E-state index in [1.165, 1.54) is 10.9 Å². The Morgan fingerprint density at radius 1 is 1.25 bits per heavy atom. The maximum Gasteiger partial charge on any atom is 0.134 e. The lowest BCUT2D eigenvalue weighted by molar-refractivity contribution is 0.488. The molecule has 0 radical (unpaired) electrons. The molecule has 86 valence electrons. The lowest BCUT2D eigenvalue weighted by Gasteiger charge is -2.08. The number of rotatable bonds is 3. The molecule has 0 fully saturated rings. The zero-order valence-electron chi connectivity index (χ0n) is 9.96. The fraction of sp³-hybridized carbons (Fsp3) is 0.429. The Kier molecular flexibility index (Phi) is 3.25. The van der Waals surface area contributed by atoms with Crippen LogP contribution in [0, 0.1) is 6.92 Å². The maximum absolute atomic E-state index is 6.00. The molecule has 2 heteroatoms. The molecule has 0 saturated carbocycles. The van der Waals surface area contributed by atoms with Gasteiger partial charge in [-0.3, -0.25) is 0 Å². The van der Waals surface area contributed by atoms with Crippen LogP contribution in [0.25, 0.3) is 11.0 Å². The summed E-state index contributed by atoms with van der Waals surface area (Å²) in [6, 6.07) is 8.39. The highest BCUT2D eigenvalue weighted by molar-refractivity contribution is 6.20. The first-order chi connectivity index (χ1) is 7.56. The molecule has 2 atom stereocenters. The summed E-state index contributed by atoms with van der Waals surface area (Å²) in [5.74, 6) is 1.41. The molecule has 1 aromatic heterocycles. The highest BCUT2D eigenvalue weighted by Gasteiger charge is 2.13. The second-order valence-corrected chi connectivity index (χ2v) is 5.35. The molecule has 0 amide bonds. The van der Waals surface area contributed by atoms with Crippen molar-refractivity contribution in [2.75, 3.05) is 0 Å². The van der Waals surface area contributed by atoms with Crippen molar-refractivity contribution in [2.45, 2.75) is 38.5 Å². The number of aryl methyl sites for hydroxylation is 1. The van der Waals surface area contributed by atoms with Crippen LogP contribution in [-0.2, 0) is 0 Å². The van der Waals surface area contributed by atoms with E-state index in [0.29, 0.717) is 5.92 Å². The Morgan fingerprint density at radius 3 is 2.69 bits per heavy atom. The lowest BCUT2D eigenvalue weighted by atomic mass is 10.0. The van der Waals surface area contributed by atoms with Gasteiger partial charge in [-0.2, -0.15) is 0 Å². The van der Waals surface area contributed by atoms with Gasteiger partial charge in [0.15, 0.2) is 0 Å². The van der Waals surface area contributed by atoms with Gasteiger partial charge in [0, 0.05) is 16.7 Å². The third-order valence-corrected chi connectivity index (χ3v) is 3.03. The molecule has 0 aliphatic heterocycles. The Hall–Kier alpha value is -0.950. The second-order valence-electron chi connectivity index (χ2n) is 4.61. The SMILES string of the molecule is Cc1ccc2oc(C(C)CC(C)Cl)cc2c1. The highest BCUT2D eigenvalue weighted by Crippen LogP contribution is 2.29. The van der Waals surface area contributed by atoms with Crippen molar-refractivity contribution >= 4 is 22.6 Å². The van der Waals surface area contributed by atoms with Crippen LogP contribution >= 0.6 is 11.6 Å². The van der Waals surface area contributed by atoms with E-state index in [0.717, 1.165) is 17.8 Å². The van der Waals surface area contributed by atoms with Crippen LogP contribution < -0.4 is 0 Å². The van der Waals surface area contributed by atoms with Crippen molar-refractivity contribution in [1.29, 1.82) is 0 Å². The summed E-state index contributed by atoms with van der Waals surface area (Å²) in [5.41, 5.74) is 2.23. The van der Waals surface area contributed by atoms with Gasteiger partial charge in [-0.15, -0.1) is 11.6 Å². The van der Waals surface area contributed by atoms with Crippen LogP contribution in [0.5, 0.6) is 0 Å². The predicted octanol–water partition coefficient (Wildman–Crippen LogP) is 4.86. The average molecular weight is 237 g/mol. The molecule has 0 saturated heterocycles. The molecule has 2 aromatic rings. The average Bonchev–Trinajstić information content (AvgIpc) is 2.59.